The van der Waals surface area contributed by atoms with Gasteiger partial charge in [-0.3, -0.25) is 4.79 Å². The summed E-state index contributed by atoms with van der Waals surface area (Å²) in [6.07, 6.45) is 4.71. The van der Waals surface area contributed by atoms with Crippen molar-refractivity contribution in [3.05, 3.63) is 29.8 Å². The SMILES string of the molecule is COc1cccc(C(=O)N2C(C(=O)O)CC3CCCCC32)c1. The van der Waals surface area contributed by atoms with Gasteiger partial charge in [0.2, 0.25) is 0 Å². The Morgan fingerprint density at radius 2 is 2.05 bits per heavy atom. The van der Waals surface area contributed by atoms with Crippen LogP contribution in [0.3, 0.4) is 0 Å². The molecule has 1 saturated heterocycles. The molecule has 1 aliphatic carbocycles. The summed E-state index contributed by atoms with van der Waals surface area (Å²) < 4.78 is 5.16. The van der Waals surface area contributed by atoms with Gasteiger partial charge in [0, 0.05) is 11.6 Å². The highest BCUT2D eigenvalue weighted by Gasteiger charge is 2.47. The van der Waals surface area contributed by atoms with Crippen molar-refractivity contribution in [2.24, 2.45) is 5.92 Å². The third-order valence-electron chi connectivity index (χ3n) is 4.92. The van der Waals surface area contributed by atoms with E-state index in [-0.39, 0.29) is 11.9 Å². The molecular formula is C17H21NO4. The van der Waals surface area contributed by atoms with E-state index >= 15 is 0 Å². The topological polar surface area (TPSA) is 66.8 Å². The number of ether oxygens (including phenoxy) is 1. The number of hydrogen-bond acceptors (Lipinski definition) is 3. The number of rotatable bonds is 3. The Bertz CT molecular complexity index is 586. The van der Waals surface area contributed by atoms with E-state index in [4.69, 9.17) is 4.74 Å². The zero-order valence-electron chi connectivity index (χ0n) is 12.7. The van der Waals surface area contributed by atoms with Gasteiger partial charge in [-0.2, -0.15) is 0 Å². The summed E-state index contributed by atoms with van der Waals surface area (Å²) in [5, 5.41) is 9.51. The van der Waals surface area contributed by atoms with Gasteiger partial charge in [-0.05, 0) is 43.4 Å². The van der Waals surface area contributed by atoms with Crippen LogP contribution in [-0.2, 0) is 4.79 Å². The van der Waals surface area contributed by atoms with Crippen LogP contribution in [0.25, 0.3) is 0 Å². The zero-order valence-corrected chi connectivity index (χ0v) is 12.7. The molecule has 3 atom stereocenters. The van der Waals surface area contributed by atoms with E-state index in [0.717, 1.165) is 25.7 Å². The summed E-state index contributed by atoms with van der Waals surface area (Å²) in [6.45, 7) is 0. The van der Waals surface area contributed by atoms with Crippen LogP contribution < -0.4 is 4.74 Å². The molecule has 2 aliphatic rings. The predicted octanol–water partition coefficient (Wildman–Crippen LogP) is 2.55. The molecule has 1 saturated carbocycles. The number of hydrogen-bond donors (Lipinski definition) is 1. The number of nitrogens with zero attached hydrogens (tertiary/aromatic N) is 1. The first-order chi connectivity index (χ1) is 10.6. The highest BCUT2D eigenvalue weighted by molar-refractivity contribution is 5.97. The Hall–Kier alpha value is -2.04. The van der Waals surface area contributed by atoms with Crippen LogP contribution in [-0.4, -0.2) is 41.1 Å². The van der Waals surface area contributed by atoms with Crippen LogP contribution in [0.4, 0.5) is 0 Å². The van der Waals surface area contributed by atoms with Crippen LogP contribution in [0, 0.1) is 5.92 Å². The lowest BCUT2D eigenvalue weighted by atomic mass is 9.84. The summed E-state index contributed by atoms with van der Waals surface area (Å²) in [7, 11) is 1.55. The Morgan fingerprint density at radius 3 is 2.77 bits per heavy atom. The normalized spacial score (nSPS) is 27.3. The summed E-state index contributed by atoms with van der Waals surface area (Å²) in [6, 6.07) is 6.30. The first-order valence-electron chi connectivity index (χ1n) is 7.81. The maximum atomic E-state index is 12.9. The summed E-state index contributed by atoms with van der Waals surface area (Å²) in [4.78, 5) is 26.1. The molecule has 3 rings (SSSR count). The van der Waals surface area contributed by atoms with Gasteiger partial charge in [-0.15, -0.1) is 0 Å². The summed E-state index contributed by atoms with van der Waals surface area (Å²) >= 11 is 0. The fraction of sp³-hybridized carbons (Fsp3) is 0.529. The van der Waals surface area contributed by atoms with Crippen molar-refractivity contribution in [2.75, 3.05) is 7.11 Å². The smallest absolute Gasteiger partial charge is 0.326 e. The molecule has 0 bridgehead atoms. The predicted molar refractivity (Wildman–Crippen MR) is 81.0 cm³/mol. The fourth-order valence-electron chi connectivity index (χ4n) is 3.88. The van der Waals surface area contributed by atoms with Gasteiger partial charge in [0.05, 0.1) is 7.11 Å². The van der Waals surface area contributed by atoms with Gasteiger partial charge in [0.25, 0.3) is 5.91 Å². The quantitative estimate of drug-likeness (QED) is 0.932. The summed E-state index contributed by atoms with van der Waals surface area (Å²) in [5.41, 5.74) is 0.497. The van der Waals surface area contributed by atoms with Crippen molar-refractivity contribution >= 4 is 11.9 Å². The molecule has 118 valence electrons. The third-order valence-corrected chi connectivity index (χ3v) is 4.92. The molecular weight excluding hydrogens is 282 g/mol. The van der Waals surface area contributed by atoms with Crippen molar-refractivity contribution in [3.63, 3.8) is 0 Å². The number of carbonyl (C=O) groups is 2. The number of benzene rings is 1. The second-order valence-corrected chi connectivity index (χ2v) is 6.15. The average Bonchev–Trinajstić information content (AvgIpc) is 2.94. The molecule has 1 aromatic carbocycles. The van der Waals surface area contributed by atoms with Gasteiger partial charge in [0.15, 0.2) is 0 Å². The third kappa shape index (κ3) is 2.56. The largest absolute Gasteiger partial charge is 0.497 e. The molecule has 5 heteroatoms. The minimum atomic E-state index is -0.898. The minimum absolute atomic E-state index is 0.0635. The average molecular weight is 303 g/mol. The first-order valence-corrected chi connectivity index (χ1v) is 7.81. The van der Waals surface area contributed by atoms with Crippen molar-refractivity contribution in [3.8, 4) is 5.75 Å². The molecule has 0 radical (unpaired) electrons. The fourth-order valence-corrected chi connectivity index (χ4v) is 3.88. The van der Waals surface area contributed by atoms with E-state index in [1.165, 1.54) is 0 Å². The van der Waals surface area contributed by atoms with Gasteiger partial charge in [0.1, 0.15) is 11.8 Å². The van der Waals surface area contributed by atoms with E-state index in [1.54, 1.807) is 36.3 Å². The molecule has 1 aliphatic heterocycles. The zero-order chi connectivity index (χ0) is 15.7. The Labute approximate surface area is 129 Å². The van der Waals surface area contributed by atoms with Gasteiger partial charge in [-0.25, -0.2) is 4.79 Å². The summed E-state index contributed by atoms with van der Waals surface area (Å²) in [5.74, 6) is -0.159. The number of carboxylic acid groups (broad SMARTS) is 1. The lowest BCUT2D eigenvalue weighted by molar-refractivity contribution is -0.141. The van der Waals surface area contributed by atoms with Gasteiger partial charge in [-0.1, -0.05) is 18.9 Å². The molecule has 3 unspecified atom stereocenters. The van der Waals surface area contributed by atoms with Gasteiger partial charge < -0.3 is 14.7 Å². The number of aliphatic carboxylic acids is 1. The van der Waals surface area contributed by atoms with Crippen LogP contribution >= 0.6 is 0 Å². The highest BCUT2D eigenvalue weighted by atomic mass is 16.5. The number of carboxylic acids is 1. The minimum Gasteiger partial charge on any atom is -0.497 e. The number of methoxy groups -OCH3 is 1. The van der Waals surface area contributed by atoms with Crippen molar-refractivity contribution in [1.82, 2.24) is 4.90 Å². The molecule has 0 aromatic heterocycles. The number of likely N-dealkylation sites (tertiary alicyclic amines) is 1. The molecule has 1 amide bonds. The number of amides is 1. The lowest BCUT2D eigenvalue weighted by Gasteiger charge is -2.33. The van der Waals surface area contributed by atoms with Gasteiger partial charge >= 0.3 is 5.97 Å². The molecule has 0 spiro atoms. The lowest BCUT2D eigenvalue weighted by Crippen LogP contribution is -2.46. The van der Waals surface area contributed by atoms with E-state index in [1.807, 2.05) is 0 Å². The first kappa shape index (κ1) is 14.9. The standard InChI is InChI=1S/C17H21NO4/c1-22-13-7-4-6-12(9-13)16(19)18-14-8-3-2-5-11(14)10-15(18)17(20)21/h4,6-7,9,11,14-15H,2-3,5,8,10H2,1H3,(H,20,21). The van der Waals surface area contributed by atoms with E-state index in [2.05, 4.69) is 0 Å². The Balaban J connectivity index is 1.91. The maximum Gasteiger partial charge on any atom is 0.326 e. The molecule has 2 fully saturated rings. The van der Waals surface area contributed by atoms with Crippen LogP contribution in [0.15, 0.2) is 24.3 Å². The Kier molecular flexibility index (Phi) is 4.05. The molecule has 1 aromatic rings. The second-order valence-electron chi connectivity index (χ2n) is 6.15. The molecule has 5 nitrogen and oxygen atoms in total. The second kappa shape index (κ2) is 5.99. The monoisotopic (exact) mass is 303 g/mol. The van der Waals surface area contributed by atoms with E-state index in [9.17, 15) is 14.7 Å². The Morgan fingerprint density at radius 1 is 1.27 bits per heavy atom. The van der Waals surface area contributed by atoms with Crippen LogP contribution in [0.5, 0.6) is 5.75 Å². The molecule has 1 N–H and O–H groups in total. The number of carbonyl (C=O) groups excluding carboxylic acids is 1. The van der Waals surface area contributed by atoms with Crippen LogP contribution in [0.1, 0.15) is 42.5 Å². The molecule has 1 heterocycles. The van der Waals surface area contributed by atoms with Crippen molar-refractivity contribution in [1.29, 1.82) is 0 Å². The van der Waals surface area contributed by atoms with E-state index < -0.39 is 12.0 Å². The highest BCUT2D eigenvalue weighted by Crippen LogP contribution is 2.40. The number of fused-ring (bicyclic) bond motifs is 1. The van der Waals surface area contributed by atoms with Crippen LogP contribution in [0.2, 0.25) is 0 Å². The van der Waals surface area contributed by atoms with E-state index in [0.29, 0.717) is 23.7 Å². The van der Waals surface area contributed by atoms with Crippen molar-refractivity contribution in [2.45, 2.75) is 44.2 Å². The van der Waals surface area contributed by atoms with Crippen molar-refractivity contribution < 1.29 is 19.4 Å². The molecule has 22 heavy (non-hydrogen) atoms. The maximum absolute atomic E-state index is 12.9.